The van der Waals surface area contributed by atoms with Gasteiger partial charge in [0.15, 0.2) is 0 Å². The Kier molecular flexibility index (Phi) is 4.75. The number of pyridine rings is 1. The quantitative estimate of drug-likeness (QED) is 0.868. The highest BCUT2D eigenvalue weighted by Crippen LogP contribution is 2.26. The van der Waals surface area contributed by atoms with E-state index in [1.54, 1.807) is 18.3 Å². The normalized spacial score (nSPS) is 18.3. The predicted molar refractivity (Wildman–Crippen MR) is 75.4 cm³/mol. The van der Waals surface area contributed by atoms with Gasteiger partial charge in [0.05, 0.1) is 5.56 Å². The summed E-state index contributed by atoms with van der Waals surface area (Å²) < 4.78 is 0.610. The number of hydrogen-bond acceptors (Lipinski definition) is 2. The summed E-state index contributed by atoms with van der Waals surface area (Å²) in [5.41, 5.74) is 0.611. The molecule has 0 aliphatic heterocycles. The lowest BCUT2D eigenvalue weighted by atomic mass is 9.84. The first-order chi connectivity index (χ1) is 8.68. The van der Waals surface area contributed by atoms with E-state index in [4.69, 9.17) is 0 Å². The monoisotopic (exact) mass is 310 g/mol. The summed E-state index contributed by atoms with van der Waals surface area (Å²) >= 11 is 3.31. The maximum Gasteiger partial charge on any atom is 0.254 e. The summed E-state index contributed by atoms with van der Waals surface area (Å²) in [6.45, 7) is 2.11. The minimum Gasteiger partial charge on any atom is -0.349 e. The Morgan fingerprint density at radius 3 is 2.83 bits per heavy atom. The number of amides is 1. The van der Waals surface area contributed by atoms with Gasteiger partial charge in [0.2, 0.25) is 0 Å². The molecule has 3 nitrogen and oxygen atoms in total. The molecule has 1 heterocycles. The van der Waals surface area contributed by atoms with Crippen molar-refractivity contribution in [3.8, 4) is 0 Å². The minimum absolute atomic E-state index is 0.0342. The van der Waals surface area contributed by atoms with Gasteiger partial charge in [-0.25, -0.2) is 4.98 Å². The van der Waals surface area contributed by atoms with Gasteiger partial charge in [-0.3, -0.25) is 4.79 Å². The minimum atomic E-state index is -0.0342. The van der Waals surface area contributed by atoms with Crippen LogP contribution in [0.2, 0.25) is 0 Å². The SMILES string of the molecule is CC(NC(=O)c1cccnc1Br)C1CCCCC1. The smallest absolute Gasteiger partial charge is 0.254 e. The fourth-order valence-electron chi connectivity index (χ4n) is 2.59. The number of rotatable bonds is 3. The maximum atomic E-state index is 12.1. The molecule has 18 heavy (non-hydrogen) atoms. The number of nitrogens with one attached hydrogen (secondary N) is 1. The zero-order valence-corrected chi connectivity index (χ0v) is 12.2. The van der Waals surface area contributed by atoms with Crippen molar-refractivity contribution in [3.63, 3.8) is 0 Å². The van der Waals surface area contributed by atoms with Crippen LogP contribution in [0.5, 0.6) is 0 Å². The Balaban J connectivity index is 1.96. The number of aromatic nitrogens is 1. The van der Waals surface area contributed by atoms with E-state index in [9.17, 15) is 4.79 Å². The Bertz CT molecular complexity index is 416. The average Bonchev–Trinajstić information content (AvgIpc) is 2.40. The summed E-state index contributed by atoms with van der Waals surface area (Å²) in [6, 6.07) is 3.82. The lowest BCUT2D eigenvalue weighted by Crippen LogP contribution is -2.39. The Morgan fingerprint density at radius 2 is 2.17 bits per heavy atom. The van der Waals surface area contributed by atoms with Crippen molar-refractivity contribution >= 4 is 21.8 Å². The first kappa shape index (κ1) is 13.5. The van der Waals surface area contributed by atoms with E-state index in [1.807, 2.05) is 0 Å². The molecule has 1 amide bonds. The molecule has 1 saturated carbocycles. The molecule has 0 radical (unpaired) electrons. The van der Waals surface area contributed by atoms with Crippen molar-refractivity contribution in [1.82, 2.24) is 10.3 Å². The maximum absolute atomic E-state index is 12.1. The number of hydrogen-bond donors (Lipinski definition) is 1. The van der Waals surface area contributed by atoms with Crippen LogP contribution in [0, 0.1) is 5.92 Å². The third-order valence-electron chi connectivity index (χ3n) is 3.72. The summed E-state index contributed by atoms with van der Waals surface area (Å²) in [4.78, 5) is 16.2. The summed E-state index contributed by atoms with van der Waals surface area (Å²) in [7, 11) is 0. The number of nitrogens with zero attached hydrogens (tertiary/aromatic N) is 1. The fraction of sp³-hybridized carbons (Fsp3) is 0.571. The highest BCUT2D eigenvalue weighted by Gasteiger charge is 2.22. The van der Waals surface area contributed by atoms with E-state index < -0.39 is 0 Å². The van der Waals surface area contributed by atoms with E-state index in [0.717, 1.165) is 0 Å². The first-order valence-corrected chi connectivity index (χ1v) is 7.39. The van der Waals surface area contributed by atoms with Crippen LogP contribution in [0.25, 0.3) is 0 Å². The van der Waals surface area contributed by atoms with Gasteiger partial charge in [0.1, 0.15) is 4.60 Å². The van der Waals surface area contributed by atoms with Crippen molar-refractivity contribution in [2.45, 2.75) is 45.1 Å². The van der Waals surface area contributed by atoms with Crippen LogP contribution in [0.4, 0.5) is 0 Å². The molecule has 0 bridgehead atoms. The first-order valence-electron chi connectivity index (χ1n) is 6.60. The van der Waals surface area contributed by atoms with Crippen LogP contribution in [0.1, 0.15) is 49.4 Å². The van der Waals surface area contributed by atoms with Crippen LogP contribution < -0.4 is 5.32 Å². The number of halogens is 1. The van der Waals surface area contributed by atoms with E-state index in [2.05, 4.69) is 33.2 Å². The molecule has 1 aromatic heterocycles. The molecule has 1 aliphatic carbocycles. The number of carbonyl (C=O) groups is 1. The molecule has 1 N–H and O–H groups in total. The molecule has 0 saturated heterocycles. The van der Waals surface area contributed by atoms with E-state index in [0.29, 0.717) is 16.1 Å². The van der Waals surface area contributed by atoms with Crippen molar-refractivity contribution in [3.05, 3.63) is 28.5 Å². The fourth-order valence-corrected chi connectivity index (χ4v) is 3.02. The second-order valence-electron chi connectivity index (χ2n) is 5.00. The van der Waals surface area contributed by atoms with Gasteiger partial charge in [-0.1, -0.05) is 19.3 Å². The van der Waals surface area contributed by atoms with Gasteiger partial charge < -0.3 is 5.32 Å². The van der Waals surface area contributed by atoms with Gasteiger partial charge >= 0.3 is 0 Å². The third-order valence-corrected chi connectivity index (χ3v) is 4.35. The molecule has 1 atom stereocenters. The van der Waals surface area contributed by atoms with Gasteiger partial charge in [-0.15, -0.1) is 0 Å². The molecule has 1 aliphatic rings. The molecule has 0 aromatic carbocycles. The molecule has 4 heteroatoms. The topological polar surface area (TPSA) is 42.0 Å². The Labute approximate surface area is 117 Å². The van der Waals surface area contributed by atoms with Crippen molar-refractivity contribution in [1.29, 1.82) is 0 Å². The van der Waals surface area contributed by atoms with E-state index in [-0.39, 0.29) is 11.9 Å². The van der Waals surface area contributed by atoms with Crippen LogP contribution in [-0.2, 0) is 0 Å². The zero-order chi connectivity index (χ0) is 13.0. The average molecular weight is 311 g/mol. The molecule has 1 aromatic rings. The van der Waals surface area contributed by atoms with Gasteiger partial charge in [0.25, 0.3) is 5.91 Å². The highest BCUT2D eigenvalue weighted by atomic mass is 79.9. The van der Waals surface area contributed by atoms with Crippen LogP contribution in [0.3, 0.4) is 0 Å². The largest absolute Gasteiger partial charge is 0.349 e. The van der Waals surface area contributed by atoms with Crippen LogP contribution in [0.15, 0.2) is 22.9 Å². The van der Waals surface area contributed by atoms with E-state index >= 15 is 0 Å². The summed E-state index contributed by atoms with van der Waals surface area (Å²) in [5.74, 6) is 0.589. The lowest BCUT2D eigenvalue weighted by molar-refractivity contribution is 0.0918. The van der Waals surface area contributed by atoms with E-state index in [1.165, 1.54) is 32.1 Å². The van der Waals surface area contributed by atoms with Crippen molar-refractivity contribution < 1.29 is 4.79 Å². The summed E-state index contributed by atoms with van der Waals surface area (Å²) in [6.07, 6.45) is 8.06. The summed E-state index contributed by atoms with van der Waals surface area (Å²) in [5, 5.41) is 3.10. The predicted octanol–water partition coefficient (Wildman–Crippen LogP) is 3.54. The lowest BCUT2D eigenvalue weighted by Gasteiger charge is -2.28. The Morgan fingerprint density at radius 1 is 1.44 bits per heavy atom. The van der Waals surface area contributed by atoms with Gasteiger partial charge in [-0.05, 0) is 53.7 Å². The number of carbonyl (C=O) groups excluding carboxylic acids is 1. The third kappa shape index (κ3) is 3.31. The standard InChI is InChI=1S/C14H19BrN2O/c1-10(11-6-3-2-4-7-11)17-14(18)12-8-5-9-16-13(12)15/h5,8-11H,2-4,6-7H2,1H3,(H,17,18). The van der Waals surface area contributed by atoms with Crippen LogP contribution in [-0.4, -0.2) is 16.9 Å². The Hall–Kier alpha value is -0.900. The second kappa shape index (κ2) is 6.32. The van der Waals surface area contributed by atoms with Gasteiger partial charge in [-0.2, -0.15) is 0 Å². The van der Waals surface area contributed by atoms with Crippen LogP contribution >= 0.6 is 15.9 Å². The molecule has 1 unspecified atom stereocenters. The molecule has 1 fully saturated rings. The molecular formula is C14H19BrN2O. The molecular weight excluding hydrogens is 292 g/mol. The molecule has 98 valence electrons. The van der Waals surface area contributed by atoms with Crippen molar-refractivity contribution in [2.75, 3.05) is 0 Å². The van der Waals surface area contributed by atoms with Gasteiger partial charge in [0, 0.05) is 12.2 Å². The zero-order valence-electron chi connectivity index (χ0n) is 10.7. The second-order valence-corrected chi connectivity index (χ2v) is 5.75. The van der Waals surface area contributed by atoms with Crippen molar-refractivity contribution in [2.24, 2.45) is 5.92 Å². The molecule has 0 spiro atoms. The molecule has 2 rings (SSSR count). The highest BCUT2D eigenvalue weighted by molar-refractivity contribution is 9.10.